The first-order chi connectivity index (χ1) is 11.2. The van der Waals surface area contributed by atoms with Crippen LogP contribution in [0.15, 0.2) is 36.5 Å². The van der Waals surface area contributed by atoms with Crippen molar-refractivity contribution in [1.82, 2.24) is 4.98 Å². The fourth-order valence-corrected chi connectivity index (χ4v) is 3.61. The lowest BCUT2D eigenvalue weighted by Gasteiger charge is -2.42. The number of carboxylic acids is 1. The van der Waals surface area contributed by atoms with Gasteiger partial charge in [0.15, 0.2) is 0 Å². The fourth-order valence-electron chi connectivity index (χ4n) is 3.61. The first-order valence-electron chi connectivity index (χ1n) is 8.51. The van der Waals surface area contributed by atoms with Crippen LogP contribution in [-0.2, 0) is 17.3 Å². The molecule has 0 atom stereocenters. The van der Waals surface area contributed by atoms with E-state index in [1.54, 1.807) is 12.1 Å². The molecule has 0 unspecified atom stereocenters. The van der Waals surface area contributed by atoms with Crippen LogP contribution in [0.3, 0.4) is 0 Å². The Morgan fingerprint density at radius 1 is 1.04 bits per heavy atom. The van der Waals surface area contributed by atoms with Crippen LogP contribution in [0, 0.1) is 0 Å². The molecule has 0 spiro atoms. The topological polar surface area (TPSA) is 50.2 Å². The van der Waals surface area contributed by atoms with E-state index in [1.165, 1.54) is 35.7 Å². The summed E-state index contributed by atoms with van der Waals surface area (Å²) < 4.78 is 0. The monoisotopic (exact) mass is 323 g/mol. The Kier molecular flexibility index (Phi) is 3.98. The fraction of sp³-hybridized carbons (Fsp3) is 0.429. The molecule has 0 aliphatic heterocycles. The second kappa shape index (κ2) is 5.73. The van der Waals surface area contributed by atoms with Crippen LogP contribution in [0.5, 0.6) is 0 Å². The summed E-state index contributed by atoms with van der Waals surface area (Å²) in [6, 6.07) is 10.2. The van der Waals surface area contributed by atoms with Crippen molar-refractivity contribution in [3.63, 3.8) is 0 Å². The first-order valence-corrected chi connectivity index (χ1v) is 8.51. The van der Waals surface area contributed by atoms with Crippen molar-refractivity contribution in [3.05, 3.63) is 64.5 Å². The summed E-state index contributed by atoms with van der Waals surface area (Å²) in [5.41, 5.74) is 5.68. The molecule has 3 nitrogen and oxygen atoms in total. The van der Waals surface area contributed by atoms with Crippen LogP contribution in [0.2, 0.25) is 0 Å². The summed E-state index contributed by atoms with van der Waals surface area (Å²) in [4.78, 5) is 15.2. The molecule has 0 saturated carbocycles. The predicted molar refractivity (Wildman–Crippen MR) is 95.7 cm³/mol. The minimum atomic E-state index is -0.938. The first kappa shape index (κ1) is 16.7. The zero-order valence-electron chi connectivity index (χ0n) is 14.9. The van der Waals surface area contributed by atoms with Crippen molar-refractivity contribution in [2.75, 3.05) is 0 Å². The molecule has 0 radical (unpaired) electrons. The summed E-state index contributed by atoms with van der Waals surface area (Å²) in [7, 11) is 0. The van der Waals surface area contributed by atoms with Gasteiger partial charge in [0.2, 0.25) is 0 Å². The average molecular weight is 323 g/mol. The molecule has 0 bridgehead atoms. The Balaban J connectivity index is 1.92. The van der Waals surface area contributed by atoms with Crippen molar-refractivity contribution in [1.29, 1.82) is 0 Å². The number of pyridine rings is 1. The Bertz CT molecular complexity index is 773. The minimum absolute atomic E-state index is 0.196. The van der Waals surface area contributed by atoms with Gasteiger partial charge in [0.05, 0.1) is 5.56 Å². The maximum atomic E-state index is 10.9. The lowest BCUT2D eigenvalue weighted by molar-refractivity contribution is 0.0696. The van der Waals surface area contributed by atoms with Gasteiger partial charge in [-0.25, -0.2) is 4.79 Å². The highest BCUT2D eigenvalue weighted by Crippen LogP contribution is 2.45. The van der Waals surface area contributed by atoms with E-state index in [2.05, 4.69) is 50.9 Å². The van der Waals surface area contributed by atoms with E-state index in [1.807, 2.05) is 0 Å². The van der Waals surface area contributed by atoms with E-state index < -0.39 is 5.97 Å². The SMILES string of the molecule is CC1(C)CCC(C)(C)c2cc(Cc3ccc(C(=O)O)cn3)ccc21. The number of aromatic nitrogens is 1. The lowest BCUT2D eigenvalue weighted by Crippen LogP contribution is -2.33. The van der Waals surface area contributed by atoms with Gasteiger partial charge in [0, 0.05) is 18.3 Å². The zero-order chi connectivity index (χ0) is 17.5. The molecular weight excluding hydrogens is 298 g/mol. The van der Waals surface area contributed by atoms with Gasteiger partial charge in [-0.15, -0.1) is 0 Å². The Morgan fingerprint density at radius 3 is 2.29 bits per heavy atom. The molecule has 1 aliphatic carbocycles. The highest BCUT2D eigenvalue weighted by molar-refractivity contribution is 5.87. The Hall–Kier alpha value is -2.16. The molecule has 0 fully saturated rings. The molecule has 1 aromatic carbocycles. The van der Waals surface area contributed by atoms with Crippen LogP contribution >= 0.6 is 0 Å². The Labute approximate surface area is 143 Å². The standard InChI is InChI=1S/C21H25NO2/c1-20(2)9-10-21(3,4)18-12-14(5-8-17(18)20)11-16-7-6-15(13-22-16)19(23)24/h5-8,12-13H,9-11H2,1-4H3,(H,23,24). The molecule has 3 rings (SSSR count). The van der Waals surface area contributed by atoms with Crippen molar-refractivity contribution in [3.8, 4) is 0 Å². The van der Waals surface area contributed by atoms with Crippen molar-refractivity contribution >= 4 is 5.97 Å². The van der Waals surface area contributed by atoms with Crippen LogP contribution in [0.25, 0.3) is 0 Å². The van der Waals surface area contributed by atoms with E-state index in [0.717, 1.165) is 12.1 Å². The molecule has 0 saturated heterocycles. The van der Waals surface area contributed by atoms with Gasteiger partial charge < -0.3 is 5.11 Å². The number of aromatic carboxylic acids is 1. The number of benzene rings is 1. The number of hydrogen-bond donors (Lipinski definition) is 1. The Morgan fingerprint density at radius 2 is 1.71 bits per heavy atom. The van der Waals surface area contributed by atoms with Gasteiger partial charge in [-0.05, 0) is 52.5 Å². The van der Waals surface area contributed by atoms with Crippen molar-refractivity contribution in [2.24, 2.45) is 0 Å². The largest absolute Gasteiger partial charge is 0.478 e. The average Bonchev–Trinajstić information content (AvgIpc) is 2.52. The number of carbonyl (C=O) groups is 1. The molecule has 1 aliphatic rings. The maximum absolute atomic E-state index is 10.9. The van der Waals surface area contributed by atoms with E-state index in [9.17, 15) is 4.79 Å². The third-order valence-corrected chi connectivity index (χ3v) is 5.37. The number of rotatable bonds is 3. The molecule has 126 valence electrons. The molecular formula is C21H25NO2. The van der Waals surface area contributed by atoms with Gasteiger partial charge in [0.1, 0.15) is 0 Å². The van der Waals surface area contributed by atoms with Crippen LogP contribution in [0.1, 0.15) is 73.3 Å². The van der Waals surface area contributed by atoms with Crippen LogP contribution in [0.4, 0.5) is 0 Å². The zero-order valence-corrected chi connectivity index (χ0v) is 14.9. The molecule has 1 aromatic heterocycles. The predicted octanol–water partition coefficient (Wildman–Crippen LogP) is 4.72. The van der Waals surface area contributed by atoms with Gasteiger partial charge in [-0.3, -0.25) is 4.98 Å². The number of nitrogens with zero attached hydrogens (tertiary/aromatic N) is 1. The van der Waals surface area contributed by atoms with Crippen LogP contribution < -0.4 is 0 Å². The van der Waals surface area contributed by atoms with E-state index in [4.69, 9.17) is 5.11 Å². The lowest BCUT2D eigenvalue weighted by atomic mass is 9.63. The maximum Gasteiger partial charge on any atom is 0.337 e. The summed E-state index contributed by atoms with van der Waals surface area (Å²) in [5, 5.41) is 8.96. The highest BCUT2D eigenvalue weighted by Gasteiger charge is 2.36. The van der Waals surface area contributed by atoms with Gasteiger partial charge in [0.25, 0.3) is 0 Å². The molecule has 1 heterocycles. The summed E-state index contributed by atoms with van der Waals surface area (Å²) in [6.07, 6.45) is 4.57. The van der Waals surface area contributed by atoms with Gasteiger partial charge >= 0.3 is 5.97 Å². The van der Waals surface area contributed by atoms with Gasteiger partial charge in [-0.1, -0.05) is 45.9 Å². The highest BCUT2D eigenvalue weighted by atomic mass is 16.4. The smallest absolute Gasteiger partial charge is 0.337 e. The van der Waals surface area contributed by atoms with Gasteiger partial charge in [-0.2, -0.15) is 0 Å². The quantitative estimate of drug-likeness (QED) is 0.889. The molecule has 1 N–H and O–H groups in total. The molecule has 3 heteroatoms. The number of hydrogen-bond acceptors (Lipinski definition) is 2. The number of fused-ring (bicyclic) bond motifs is 1. The third kappa shape index (κ3) is 3.08. The van der Waals surface area contributed by atoms with Crippen molar-refractivity contribution < 1.29 is 9.90 Å². The normalized spacial score (nSPS) is 18.0. The second-order valence-electron chi connectivity index (χ2n) is 8.17. The summed E-state index contributed by atoms with van der Waals surface area (Å²) in [6.45, 7) is 9.30. The van der Waals surface area contributed by atoms with E-state index in [0.29, 0.717) is 0 Å². The minimum Gasteiger partial charge on any atom is -0.478 e. The van der Waals surface area contributed by atoms with E-state index >= 15 is 0 Å². The second-order valence-corrected chi connectivity index (χ2v) is 8.17. The summed E-state index contributed by atoms with van der Waals surface area (Å²) in [5.74, 6) is -0.938. The van der Waals surface area contributed by atoms with E-state index in [-0.39, 0.29) is 16.4 Å². The summed E-state index contributed by atoms with van der Waals surface area (Å²) >= 11 is 0. The molecule has 24 heavy (non-hydrogen) atoms. The third-order valence-electron chi connectivity index (χ3n) is 5.37. The molecule has 0 amide bonds. The number of carboxylic acid groups (broad SMARTS) is 1. The van der Waals surface area contributed by atoms with Crippen molar-refractivity contribution in [2.45, 2.75) is 57.8 Å². The van der Waals surface area contributed by atoms with Crippen LogP contribution in [-0.4, -0.2) is 16.1 Å². The molecule has 2 aromatic rings.